The van der Waals surface area contributed by atoms with Crippen molar-refractivity contribution in [3.63, 3.8) is 0 Å². The molecule has 3 rings (SSSR count). The van der Waals surface area contributed by atoms with Crippen LogP contribution >= 0.6 is 0 Å². The fourth-order valence-corrected chi connectivity index (χ4v) is 4.31. The summed E-state index contributed by atoms with van der Waals surface area (Å²) in [7, 11) is 3.46. The molecule has 1 aliphatic heterocycles. The monoisotopic (exact) mass is 535 g/mol. The predicted molar refractivity (Wildman–Crippen MR) is 140 cm³/mol. The first kappa shape index (κ1) is 28.6. The van der Waals surface area contributed by atoms with Gasteiger partial charge in [0.25, 0.3) is 0 Å². The second-order valence-electron chi connectivity index (χ2n) is 8.01. The summed E-state index contributed by atoms with van der Waals surface area (Å²) in [5.74, 6) is -3.47. The van der Waals surface area contributed by atoms with E-state index < -0.39 is 23.8 Å². The predicted octanol–water partition coefficient (Wildman–Crippen LogP) is 3.17. The van der Waals surface area contributed by atoms with Crippen molar-refractivity contribution in [1.82, 2.24) is 0 Å². The summed E-state index contributed by atoms with van der Waals surface area (Å²) in [5.41, 5.74) is 6.40. The Labute approximate surface area is 225 Å². The van der Waals surface area contributed by atoms with Gasteiger partial charge in [-0.3, -0.25) is 4.90 Å². The van der Waals surface area contributed by atoms with Crippen LogP contribution in [0, 0.1) is 11.3 Å². The van der Waals surface area contributed by atoms with Gasteiger partial charge in [-0.25, -0.2) is 14.4 Å². The number of nitrogens with two attached hydrogens (primary N) is 1. The molecule has 2 aromatic rings. The molecule has 1 unspecified atom stereocenters. The summed E-state index contributed by atoms with van der Waals surface area (Å²) in [6.07, 6.45) is 0. The van der Waals surface area contributed by atoms with Gasteiger partial charge in [-0.1, -0.05) is 30.3 Å². The molecule has 0 saturated carbocycles. The van der Waals surface area contributed by atoms with Crippen LogP contribution in [0.3, 0.4) is 0 Å². The zero-order valence-corrected chi connectivity index (χ0v) is 22.3. The lowest BCUT2D eigenvalue weighted by molar-refractivity contribution is -0.139. The van der Waals surface area contributed by atoms with Crippen molar-refractivity contribution in [1.29, 1.82) is 5.26 Å². The smallest absolute Gasteiger partial charge is 0.355 e. The van der Waals surface area contributed by atoms with Crippen molar-refractivity contribution < 1.29 is 38.1 Å². The first-order chi connectivity index (χ1) is 18.8. The van der Waals surface area contributed by atoms with Gasteiger partial charge in [-0.05, 0) is 19.4 Å². The zero-order valence-electron chi connectivity index (χ0n) is 22.3. The first-order valence-corrected chi connectivity index (χ1v) is 12.0. The minimum Gasteiger partial charge on any atom is -0.490 e. The Morgan fingerprint density at radius 3 is 1.97 bits per heavy atom. The molecule has 39 heavy (non-hydrogen) atoms. The molecule has 0 amide bonds. The lowest BCUT2D eigenvalue weighted by atomic mass is 9.80. The summed E-state index contributed by atoms with van der Waals surface area (Å²) >= 11 is 0. The van der Waals surface area contributed by atoms with E-state index in [1.54, 1.807) is 44.2 Å². The third-order valence-electron chi connectivity index (χ3n) is 5.92. The standard InChI is InChI=1S/C28H29N3O8/c1-6-38-20-13-17(26(32)35-3)19(14-21(20)39-7-2)31-24(28(34)37-5)23(27(33)36-4)22(18(15-29)25(31)30)16-11-9-8-10-12-16/h8-14,22H,6-7,30H2,1-5H3. The lowest BCUT2D eigenvalue weighted by Gasteiger charge is -2.36. The molecule has 1 heterocycles. The number of carbonyl (C=O) groups is 3. The van der Waals surface area contributed by atoms with Gasteiger partial charge in [-0.15, -0.1) is 0 Å². The van der Waals surface area contributed by atoms with Crippen molar-refractivity contribution >= 4 is 23.6 Å². The number of benzene rings is 2. The van der Waals surface area contributed by atoms with E-state index in [1.165, 1.54) is 19.2 Å². The number of esters is 3. The van der Waals surface area contributed by atoms with Crippen LogP contribution in [0.1, 0.15) is 35.7 Å². The molecule has 0 spiro atoms. The lowest BCUT2D eigenvalue weighted by Crippen LogP contribution is -2.41. The maximum absolute atomic E-state index is 13.4. The number of anilines is 1. The molecule has 11 nitrogen and oxygen atoms in total. The van der Waals surface area contributed by atoms with Gasteiger partial charge in [0.2, 0.25) is 0 Å². The Morgan fingerprint density at radius 2 is 1.46 bits per heavy atom. The van der Waals surface area contributed by atoms with Crippen molar-refractivity contribution in [3.8, 4) is 17.6 Å². The van der Waals surface area contributed by atoms with Crippen molar-refractivity contribution in [3.05, 3.63) is 76.3 Å². The highest BCUT2D eigenvalue weighted by Crippen LogP contribution is 2.46. The number of nitrogens with zero attached hydrogens (tertiary/aromatic N) is 2. The minimum atomic E-state index is -1.07. The van der Waals surface area contributed by atoms with Crippen molar-refractivity contribution in [2.75, 3.05) is 39.4 Å². The second kappa shape index (κ2) is 12.5. The van der Waals surface area contributed by atoms with E-state index in [9.17, 15) is 19.6 Å². The summed E-state index contributed by atoms with van der Waals surface area (Å²) in [6, 6.07) is 13.4. The third kappa shape index (κ3) is 5.36. The molecule has 2 N–H and O–H groups in total. The Hall–Kier alpha value is -4.98. The van der Waals surface area contributed by atoms with E-state index in [2.05, 4.69) is 6.07 Å². The average Bonchev–Trinajstić information content (AvgIpc) is 2.96. The van der Waals surface area contributed by atoms with Crippen LogP contribution in [0.2, 0.25) is 0 Å². The molecular formula is C28H29N3O8. The highest BCUT2D eigenvalue weighted by molar-refractivity contribution is 6.08. The molecule has 1 aliphatic rings. The third-order valence-corrected chi connectivity index (χ3v) is 5.92. The summed E-state index contributed by atoms with van der Waals surface area (Å²) in [5, 5.41) is 10.2. The molecule has 0 radical (unpaired) electrons. The molecule has 0 fully saturated rings. The summed E-state index contributed by atoms with van der Waals surface area (Å²) in [4.78, 5) is 40.7. The van der Waals surface area contributed by atoms with E-state index in [1.807, 2.05) is 0 Å². The first-order valence-electron chi connectivity index (χ1n) is 12.0. The van der Waals surface area contributed by atoms with Gasteiger partial charge in [0, 0.05) is 12.1 Å². The van der Waals surface area contributed by atoms with Crippen molar-refractivity contribution in [2.24, 2.45) is 5.73 Å². The number of rotatable bonds is 9. The van der Waals surface area contributed by atoms with Crippen LogP contribution in [0.5, 0.6) is 11.5 Å². The molecule has 0 aliphatic carbocycles. The van der Waals surface area contributed by atoms with Gasteiger partial charge < -0.3 is 29.4 Å². The Bertz CT molecular complexity index is 1380. The van der Waals surface area contributed by atoms with Gasteiger partial charge in [0.1, 0.15) is 11.5 Å². The highest BCUT2D eigenvalue weighted by atomic mass is 16.5. The number of hydrogen-bond donors (Lipinski definition) is 1. The van der Waals surface area contributed by atoms with Crippen LogP contribution in [0.25, 0.3) is 0 Å². The second-order valence-corrected chi connectivity index (χ2v) is 8.01. The Kier molecular flexibility index (Phi) is 9.17. The van der Waals surface area contributed by atoms with Crippen molar-refractivity contribution in [2.45, 2.75) is 19.8 Å². The Balaban J connectivity index is 2.51. The number of methoxy groups -OCH3 is 3. The molecule has 0 saturated heterocycles. The maximum atomic E-state index is 13.4. The fraction of sp³-hybridized carbons (Fsp3) is 0.286. The van der Waals surface area contributed by atoms with Gasteiger partial charge in [-0.2, -0.15) is 5.26 Å². The van der Waals surface area contributed by atoms with Crippen LogP contribution < -0.4 is 20.1 Å². The van der Waals surface area contributed by atoms with Crippen LogP contribution in [-0.4, -0.2) is 52.5 Å². The van der Waals surface area contributed by atoms with E-state index in [0.717, 1.165) is 19.1 Å². The Morgan fingerprint density at radius 1 is 0.897 bits per heavy atom. The largest absolute Gasteiger partial charge is 0.490 e. The van der Waals surface area contributed by atoms with E-state index in [4.69, 9.17) is 29.4 Å². The molecular weight excluding hydrogens is 506 g/mol. The molecule has 0 aromatic heterocycles. The zero-order chi connectivity index (χ0) is 28.7. The topological polar surface area (TPSA) is 150 Å². The maximum Gasteiger partial charge on any atom is 0.355 e. The molecule has 204 valence electrons. The molecule has 1 atom stereocenters. The molecule has 11 heteroatoms. The van der Waals surface area contributed by atoms with Crippen LogP contribution in [-0.2, 0) is 23.8 Å². The normalized spacial score (nSPS) is 14.9. The molecule has 0 bridgehead atoms. The highest BCUT2D eigenvalue weighted by Gasteiger charge is 2.44. The minimum absolute atomic E-state index is 0.00711. The van der Waals surface area contributed by atoms with E-state index in [-0.39, 0.29) is 58.6 Å². The molecule has 2 aromatic carbocycles. The number of nitriles is 1. The number of ether oxygens (including phenoxy) is 5. The summed E-state index contributed by atoms with van der Waals surface area (Å²) < 4.78 is 26.5. The van der Waals surface area contributed by atoms with Gasteiger partial charge in [0.05, 0.1) is 68.9 Å². The summed E-state index contributed by atoms with van der Waals surface area (Å²) in [6.45, 7) is 4.03. The number of hydrogen-bond acceptors (Lipinski definition) is 11. The van der Waals surface area contributed by atoms with Gasteiger partial charge in [0.15, 0.2) is 11.5 Å². The van der Waals surface area contributed by atoms with E-state index in [0.29, 0.717) is 5.56 Å². The average molecular weight is 536 g/mol. The van der Waals surface area contributed by atoms with Crippen LogP contribution in [0.15, 0.2) is 65.1 Å². The SMILES string of the molecule is CCOc1cc(C(=O)OC)c(N2C(N)=C(C#N)C(c3ccccc3)C(C(=O)OC)=C2C(=O)OC)cc1OCC. The van der Waals surface area contributed by atoms with Crippen LogP contribution in [0.4, 0.5) is 5.69 Å². The van der Waals surface area contributed by atoms with Gasteiger partial charge >= 0.3 is 17.9 Å². The quantitative estimate of drug-likeness (QED) is 0.372. The van der Waals surface area contributed by atoms with E-state index >= 15 is 0 Å². The number of allylic oxidation sites excluding steroid dienone is 1. The fourth-order valence-electron chi connectivity index (χ4n) is 4.31. The number of carbonyl (C=O) groups excluding carboxylic acids is 3.